The third-order valence-electron chi connectivity index (χ3n) is 4.25. The minimum Gasteiger partial charge on any atom is -0.493 e. The van der Waals surface area contributed by atoms with Gasteiger partial charge in [0.25, 0.3) is 0 Å². The zero-order chi connectivity index (χ0) is 21.5. The molecule has 0 unspecified atom stereocenters. The Balaban J connectivity index is 1.51. The Bertz CT molecular complexity index is 1020. The van der Waals surface area contributed by atoms with Crippen LogP contribution in [-0.4, -0.2) is 53.1 Å². The van der Waals surface area contributed by atoms with Crippen molar-refractivity contribution in [3.63, 3.8) is 0 Å². The fourth-order valence-electron chi connectivity index (χ4n) is 2.94. The predicted octanol–water partition coefficient (Wildman–Crippen LogP) is 2.53. The molecule has 0 bridgehead atoms. The Kier molecular flexibility index (Phi) is 6.68. The number of aromatic nitrogens is 4. The summed E-state index contributed by atoms with van der Waals surface area (Å²) in [6, 6.07) is 8.70. The summed E-state index contributed by atoms with van der Waals surface area (Å²) in [6.07, 6.45) is 1.48. The summed E-state index contributed by atoms with van der Waals surface area (Å²) in [4.78, 5) is 20.7. The van der Waals surface area contributed by atoms with Crippen molar-refractivity contribution >= 4 is 17.5 Å². The lowest BCUT2D eigenvalue weighted by molar-refractivity contribution is 0.252. The van der Waals surface area contributed by atoms with Crippen LogP contribution in [0.5, 0.6) is 11.5 Å². The molecule has 2 aromatic heterocycles. The fourth-order valence-corrected chi connectivity index (χ4v) is 2.94. The third-order valence-corrected chi connectivity index (χ3v) is 4.25. The highest BCUT2D eigenvalue weighted by Crippen LogP contribution is 2.34. The molecule has 2 heterocycles. The second-order valence-electron chi connectivity index (χ2n) is 6.45. The van der Waals surface area contributed by atoms with Crippen molar-refractivity contribution in [3.8, 4) is 17.3 Å². The molecule has 2 amide bonds. The van der Waals surface area contributed by atoms with E-state index in [0.29, 0.717) is 41.9 Å². The Morgan fingerprint density at radius 2 is 1.93 bits per heavy atom. The molecule has 0 saturated carbocycles. The fraction of sp³-hybridized carbons (Fsp3) is 0.300. The number of methoxy groups -OCH3 is 2. The van der Waals surface area contributed by atoms with Gasteiger partial charge in [-0.1, -0.05) is 6.07 Å². The monoisotopic (exact) mass is 411 g/mol. The first-order chi connectivity index (χ1) is 14.5. The van der Waals surface area contributed by atoms with Crippen LogP contribution in [0.15, 0.2) is 36.7 Å². The molecule has 3 N–H and O–H groups in total. The number of aryl methyl sites for hydroxylation is 2. The largest absolute Gasteiger partial charge is 0.493 e. The summed E-state index contributed by atoms with van der Waals surface area (Å²) in [5.74, 6) is 2.32. The second-order valence-corrected chi connectivity index (χ2v) is 6.45. The molecular formula is C20H25N7O3. The van der Waals surface area contributed by atoms with Crippen LogP contribution in [0, 0.1) is 13.8 Å². The van der Waals surface area contributed by atoms with Gasteiger partial charge in [0, 0.05) is 24.8 Å². The Morgan fingerprint density at radius 3 is 2.63 bits per heavy atom. The minimum absolute atomic E-state index is 0.352. The van der Waals surface area contributed by atoms with Crippen molar-refractivity contribution in [1.82, 2.24) is 25.1 Å². The molecule has 3 aromatic rings. The number of hydrogen-bond acceptors (Lipinski definition) is 7. The molecule has 0 aliphatic rings. The molecule has 0 aliphatic carbocycles. The maximum absolute atomic E-state index is 12.2. The molecule has 30 heavy (non-hydrogen) atoms. The van der Waals surface area contributed by atoms with Gasteiger partial charge in [-0.05, 0) is 32.0 Å². The number of nitrogens with one attached hydrogen (secondary N) is 3. The molecule has 10 nitrogen and oxygen atoms in total. The number of benzene rings is 1. The maximum atomic E-state index is 12.2. The zero-order valence-electron chi connectivity index (χ0n) is 17.4. The molecule has 0 spiro atoms. The topological polar surface area (TPSA) is 115 Å². The Labute approximate surface area is 174 Å². The lowest BCUT2D eigenvalue weighted by atomic mass is 10.2. The van der Waals surface area contributed by atoms with Gasteiger partial charge in [0.15, 0.2) is 17.3 Å². The van der Waals surface area contributed by atoms with Crippen LogP contribution < -0.4 is 25.4 Å². The van der Waals surface area contributed by atoms with E-state index in [4.69, 9.17) is 9.47 Å². The highest BCUT2D eigenvalue weighted by Gasteiger charge is 2.12. The number of nitrogens with zero attached hydrogens (tertiary/aromatic N) is 4. The van der Waals surface area contributed by atoms with E-state index < -0.39 is 0 Å². The molecule has 158 valence electrons. The minimum atomic E-state index is -0.352. The number of anilines is 2. The number of hydrogen-bond donors (Lipinski definition) is 3. The number of amides is 2. The van der Waals surface area contributed by atoms with Crippen molar-refractivity contribution in [2.24, 2.45) is 0 Å². The van der Waals surface area contributed by atoms with E-state index in [1.54, 1.807) is 36.1 Å². The van der Waals surface area contributed by atoms with E-state index in [-0.39, 0.29) is 6.03 Å². The average Bonchev–Trinajstić information content (AvgIpc) is 3.09. The van der Waals surface area contributed by atoms with Gasteiger partial charge in [-0.3, -0.25) is 0 Å². The van der Waals surface area contributed by atoms with Gasteiger partial charge in [0.2, 0.25) is 0 Å². The van der Waals surface area contributed by atoms with Gasteiger partial charge in [-0.25, -0.2) is 19.4 Å². The maximum Gasteiger partial charge on any atom is 0.319 e. The molecule has 10 heteroatoms. The van der Waals surface area contributed by atoms with E-state index in [1.165, 1.54) is 13.4 Å². The zero-order valence-corrected chi connectivity index (χ0v) is 17.4. The van der Waals surface area contributed by atoms with Gasteiger partial charge in [-0.2, -0.15) is 5.10 Å². The van der Waals surface area contributed by atoms with E-state index in [9.17, 15) is 4.79 Å². The lowest BCUT2D eigenvalue weighted by Crippen LogP contribution is -2.32. The van der Waals surface area contributed by atoms with Gasteiger partial charge >= 0.3 is 6.03 Å². The van der Waals surface area contributed by atoms with Gasteiger partial charge in [0.05, 0.1) is 25.6 Å². The smallest absolute Gasteiger partial charge is 0.319 e. The summed E-state index contributed by atoms with van der Waals surface area (Å²) in [7, 11) is 3.06. The molecule has 0 saturated heterocycles. The van der Waals surface area contributed by atoms with Crippen LogP contribution in [-0.2, 0) is 0 Å². The van der Waals surface area contributed by atoms with Crippen LogP contribution in [0.4, 0.5) is 16.3 Å². The molecule has 1 aromatic carbocycles. The number of urea groups is 1. The lowest BCUT2D eigenvalue weighted by Gasteiger charge is -2.14. The first-order valence-corrected chi connectivity index (χ1v) is 9.37. The van der Waals surface area contributed by atoms with E-state index in [2.05, 4.69) is 31.0 Å². The van der Waals surface area contributed by atoms with Crippen LogP contribution in [0.2, 0.25) is 0 Å². The van der Waals surface area contributed by atoms with Crippen molar-refractivity contribution < 1.29 is 14.3 Å². The van der Waals surface area contributed by atoms with Crippen LogP contribution >= 0.6 is 0 Å². The average molecular weight is 411 g/mol. The molecule has 0 atom stereocenters. The van der Waals surface area contributed by atoms with E-state index in [0.717, 1.165) is 11.4 Å². The third kappa shape index (κ3) is 4.96. The quantitative estimate of drug-likeness (QED) is 0.488. The molecular weight excluding hydrogens is 386 g/mol. The number of carbonyl (C=O) groups is 1. The summed E-state index contributed by atoms with van der Waals surface area (Å²) < 4.78 is 12.3. The van der Waals surface area contributed by atoms with Crippen molar-refractivity contribution in [2.75, 3.05) is 37.9 Å². The first kappa shape index (κ1) is 20.9. The SMILES string of the molecule is COc1cccc(NC(=O)NCCNc2cc(-n3nc(C)cc3C)ncn2)c1OC. The van der Waals surface area contributed by atoms with Crippen LogP contribution in [0.25, 0.3) is 5.82 Å². The van der Waals surface area contributed by atoms with E-state index >= 15 is 0 Å². The van der Waals surface area contributed by atoms with E-state index in [1.807, 2.05) is 19.9 Å². The second kappa shape index (κ2) is 9.59. The number of carbonyl (C=O) groups excluding carboxylic acids is 1. The van der Waals surface area contributed by atoms with Gasteiger partial charge < -0.3 is 25.4 Å². The number of rotatable bonds is 8. The summed E-state index contributed by atoms with van der Waals surface area (Å²) >= 11 is 0. The molecule has 0 aliphatic heterocycles. The molecule has 3 rings (SSSR count). The highest BCUT2D eigenvalue weighted by atomic mass is 16.5. The van der Waals surface area contributed by atoms with Crippen LogP contribution in [0.3, 0.4) is 0 Å². The number of para-hydroxylation sites is 1. The Morgan fingerprint density at radius 1 is 1.10 bits per heavy atom. The van der Waals surface area contributed by atoms with Crippen molar-refractivity contribution in [3.05, 3.63) is 48.0 Å². The van der Waals surface area contributed by atoms with Gasteiger partial charge in [-0.15, -0.1) is 0 Å². The number of ether oxygens (including phenoxy) is 2. The van der Waals surface area contributed by atoms with Gasteiger partial charge in [0.1, 0.15) is 12.1 Å². The first-order valence-electron chi connectivity index (χ1n) is 9.37. The summed E-state index contributed by atoms with van der Waals surface area (Å²) in [5, 5.41) is 13.1. The molecule has 0 radical (unpaired) electrons. The highest BCUT2D eigenvalue weighted by molar-refractivity contribution is 5.91. The predicted molar refractivity (Wildman–Crippen MR) is 114 cm³/mol. The Hall–Kier alpha value is -3.82. The van der Waals surface area contributed by atoms with Crippen LogP contribution in [0.1, 0.15) is 11.4 Å². The normalized spacial score (nSPS) is 10.4. The van der Waals surface area contributed by atoms with Crippen molar-refractivity contribution in [2.45, 2.75) is 13.8 Å². The standard InChI is InChI=1S/C20H25N7O3/c1-13-10-14(2)27(26-13)18-11-17(23-12-24-18)21-8-9-22-20(28)25-15-6-5-7-16(29-3)19(15)30-4/h5-7,10-12H,8-9H2,1-4H3,(H,21,23,24)(H2,22,25,28). The summed E-state index contributed by atoms with van der Waals surface area (Å²) in [5.41, 5.74) is 2.43. The molecule has 0 fully saturated rings. The summed E-state index contributed by atoms with van der Waals surface area (Å²) in [6.45, 7) is 4.77. The van der Waals surface area contributed by atoms with Crippen molar-refractivity contribution in [1.29, 1.82) is 0 Å².